The second kappa shape index (κ2) is 11.4. The number of amides is 3. The third-order valence-corrected chi connectivity index (χ3v) is 4.34. The predicted octanol–water partition coefficient (Wildman–Crippen LogP) is 3.00. The molecule has 33 heavy (non-hydrogen) atoms. The number of hydrogen-bond acceptors (Lipinski definition) is 4. The SMILES string of the molecule is CCN(CC(=O)NCC(=O)Nc1ccc(F)c(F)c1)CC(=O)Nc1ccccc1C(F)(F)F. The molecule has 0 aliphatic carbocycles. The van der Waals surface area contributed by atoms with Crippen molar-refractivity contribution in [3.63, 3.8) is 0 Å². The molecule has 0 unspecified atom stereocenters. The topological polar surface area (TPSA) is 90.5 Å². The normalized spacial score (nSPS) is 11.2. The largest absolute Gasteiger partial charge is 0.418 e. The van der Waals surface area contributed by atoms with Crippen LogP contribution in [-0.4, -0.2) is 48.8 Å². The summed E-state index contributed by atoms with van der Waals surface area (Å²) < 4.78 is 65.2. The van der Waals surface area contributed by atoms with Gasteiger partial charge in [0.15, 0.2) is 11.6 Å². The van der Waals surface area contributed by atoms with E-state index in [4.69, 9.17) is 0 Å². The van der Waals surface area contributed by atoms with Crippen LogP contribution in [0.5, 0.6) is 0 Å². The van der Waals surface area contributed by atoms with Crippen molar-refractivity contribution in [2.75, 3.05) is 36.8 Å². The number of benzene rings is 2. The van der Waals surface area contributed by atoms with Gasteiger partial charge in [0.25, 0.3) is 0 Å². The number of carbonyl (C=O) groups excluding carboxylic acids is 3. The van der Waals surface area contributed by atoms with E-state index in [0.717, 1.165) is 30.3 Å². The second-order valence-electron chi connectivity index (χ2n) is 6.85. The van der Waals surface area contributed by atoms with Crippen LogP contribution < -0.4 is 16.0 Å². The number of anilines is 2. The van der Waals surface area contributed by atoms with E-state index >= 15 is 0 Å². The molecular formula is C21H21F5N4O3. The van der Waals surface area contributed by atoms with Gasteiger partial charge in [-0.05, 0) is 30.8 Å². The molecule has 0 atom stereocenters. The Kier molecular flexibility index (Phi) is 8.85. The van der Waals surface area contributed by atoms with Gasteiger partial charge in [-0.15, -0.1) is 0 Å². The van der Waals surface area contributed by atoms with Crippen molar-refractivity contribution in [1.29, 1.82) is 0 Å². The molecule has 178 valence electrons. The molecule has 2 aromatic rings. The molecule has 0 fully saturated rings. The minimum atomic E-state index is -4.64. The summed E-state index contributed by atoms with van der Waals surface area (Å²) in [5.41, 5.74) is -1.39. The smallest absolute Gasteiger partial charge is 0.346 e. The molecule has 3 amide bonds. The number of rotatable bonds is 9. The summed E-state index contributed by atoms with van der Waals surface area (Å²) in [4.78, 5) is 37.5. The molecule has 3 N–H and O–H groups in total. The first-order valence-corrected chi connectivity index (χ1v) is 9.69. The molecule has 0 aromatic heterocycles. The number of hydrogen-bond donors (Lipinski definition) is 3. The fraction of sp³-hybridized carbons (Fsp3) is 0.286. The van der Waals surface area contributed by atoms with Crippen molar-refractivity contribution in [1.82, 2.24) is 10.2 Å². The van der Waals surface area contributed by atoms with Crippen LogP contribution in [0.25, 0.3) is 0 Å². The van der Waals surface area contributed by atoms with E-state index in [1.54, 1.807) is 6.92 Å². The number of nitrogens with one attached hydrogen (secondary N) is 3. The van der Waals surface area contributed by atoms with E-state index < -0.39 is 53.3 Å². The molecule has 0 saturated carbocycles. The number of alkyl halides is 3. The molecule has 12 heteroatoms. The van der Waals surface area contributed by atoms with Crippen LogP contribution in [0.15, 0.2) is 42.5 Å². The molecule has 0 aliphatic heterocycles. The van der Waals surface area contributed by atoms with Crippen LogP contribution in [0.4, 0.5) is 33.3 Å². The fourth-order valence-electron chi connectivity index (χ4n) is 2.73. The van der Waals surface area contributed by atoms with Gasteiger partial charge in [0.1, 0.15) is 0 Å². The minimum Gasteiger partial charge on any atom is -0.346 e. The average molecular weight is 472 g/mol. The van der Waals surface area contributed by atoms with E-state index in [1.165, 1.54) is 17.0 Å². The summed E-state index contributed by atoms with van der Waals surface area (Å²) in [5, 5.41) is 6.77. The van der Waals surface area contributed by atoms with Crippen LogP contribution >= 0.6 is 0 Å². The molecule has 0 saturated heterocycles. The highest BCUT2D eigenvalue weighted by atomic mass is 19.4. The Balaban J connectivity index is 1.84. The summed E-state index contributed by atoms with van der Waals surface area (Å²) in [6, 6.07) is 7.27. The molecule has 0 bridgehead atoms. The minimum absolute atomic E-state index is 0.000794. The zero-order chi connectivity index (χ0) is 24.6. The van der Waals surface area contributed by atoms with Crippen LogP contribution in [0.3, 0.4) is 0 Å². The average Bonchev–Trinajstić information content (AvgIpc) is 2.74. The zero-order valence-electron chi connectivity index (χ0n) is 17.4. The van der Waals surface area contributed by atoms with Gasteiger partial charge in [-0.3, -0.25) is 19.3 Å². The Morgan fingerprint density at radius 1 is 0.879 bits per heavy atom. The van der Waals surface area contributed by atoms with E-state index in [2.05, 4.69) is 16.0 Å². The zero-order valence-corrected chi connectivity index (χ0v) is 17.4. The molecule has 0 radical (unpaired) electrons. The highest BCUT2D eigenvalue weighted by Crippen LogP contribution is 2.34. The second-order valence-corrected chi connectivity index (χ2v) is 6.85. The van der Waals surface area contributed by atoms with Crippen LogP contribution in [-0.2, 0) is 20.6 Å². The quantitative estimate of drug-likeness (QED) is 0.490. The van der Waals surface area contributed by atoms with E-state index in [9.17, 15) is 36.3 Å². The van der Waals surface area contributed by atoms with E-state index in [0.29, 0.717) is 0 Å². The van der Waals surface area contributed by atoms with Crippen LogP contribution in [0, 0.1) is 11.6 Å². The first-order chi connectivity index (χ1) is 15.5. The van der Waals surface area contributed by atoms with Crippen molar-refractivity contribution in [2.45, 2.75) is 13.1 Å². The lowest BCUT2D eigenvalue weighted by molar-refractivity contribution is -0.137. The summed E-state index contributed by atoms with van der Waals surface area (Å²) >= 11 is 0. The Morgan fingerprint density at radius 3 is 2.18 bits per heavy atom. The van der Waals surface area contributed by atoms with Gasteiger partial charge in [-0.25, -0.2) is 8.78 Å². The Hall–Kier alpha value is -3.54. The highest BCUT2D eigenvalue weighted by molar-refractivity contribution is 5.95. The van der Waals surface area contributed by atoms with Gasteiger partial charge in [0.05, 0.1) is 30.9 Å². The van der Waals surface area contributed by atoms with Crippen LogP contribution in [0.2, 0.25) is 0 Å². The summed E-state index contributed by atoms with van der Waals surface area (Å²) in [6.45, 7) is 0.726. The molecule has 0 spiro atoms. The molecule has 2 aromatic carbocycles. The maximum atomic E-state index is 13.2. The van der Waals surface area contributed by atoms with Crippen molar-refractivity contribution in [3.8, 4) is 0 Å². The first-order valence-electron chi connectivity index (χ1n) is 9.69. The summed E-state index contributed by atoms with van der Waals surface area (Å²) in [5.74, 6) is -4.30. The molecule has 0 heterocycles. The van der Waals surface area contributed by atoms with E-state index in [1.807, 2.05) is 0 Å². The first kappa shape index (κ1) is 25.7. The van der Waals surface area contributed by atoms with Crippen LogP contribution in [0.1, 0.15) is 12.5 Å². The molecular weight excluding hydrogens is 451 g/mol. The highest BCUT2D eigenvalue weighted by Gasteiger charge is 2.33. The lowest BCUT2D eigenvalue weighted by Gasteiger charge is -2.20. The van der Waals surface area contributed by atoms with E-state index in [-0.39, 0.29) is 25.3 Å². The van der Waals surface area contributed by atoms with Gasteiger partial charge in [-0.2, -0.15) is 13.2 Å². The van der Waals surface area contributed by atoms with Crippen molar-refractivity contribution >= 4 is 29.1 Å². The fourth-order valence-corrected chi connectivity index (χ4v) is 2.73. The predicted molar refractivity (Wildman–Crippen MR) is 110 cm³/mol. The standard InChI is InChI=1S/C21H21F5N4O3/c1-2-30(12-20(33)29-17-6-4-3-5-14(17)21(24,25)26)11-19(32)27-10-18(31)28-13-7-8-15(22)16(23)9-13/h3-9H,2,10-12H2,1H3,(H,27,32)(H,28,31)(H,29,33). The molecule has 7 nitrogen and oxygen atoms in total. The number of halogens is 5. The molecule has 2 rings (SSSR count). The van der Waals surface area contributed by atoms with Gasteiger partial charge < -0.3 is 16.0 Å². The number of likely N-dealkylation sites (N-methyl/N-ethyl adjacent to an activating group) is 1. The monoisotopic (exact) mass is 472 g/mol. The number of para-hydroxylation sites is 1. The lowest BCUT2D eigenvalue weighted by atomic mass is 10.1. The van der Waals surface area contributed by atoms with Crippen molar-refractivity contribution in [3.05, 3.63) is 59.7 Å². The van der Waals surface area contributed by atoms with Crippen molar-refractivity contribution < 1.29 is 36.3 Å². The maximum Gasteiger partial charge on any atom is 0.418 e. The summed E-state index contributed by atoms with van der Waals surface area (Å²) in [7, 11) is 0. The van der Waals surface area contributed by atoms with Crippen molar-refractivity contribution in [2.24, 2.45) is 0 Å². The number of carbonyl (C=O) groups is 3. The Bertz CT molecular complexity index is 1010. The van der Waals surface area contributed by atoms with Gasteiger partial charge >= 0.3 is 6.18 Å². The maximum absolute atomic E-state index is 13.2. The van der Waals surface area contributed by atoms with Gasteiger partial charge in [0.2, 0.25) is 17.7 Å². The third-order valence-electron chi connectivity index (χ3n) is 4.34. The number of nitrogens with zero attached hydrogens (tertiary/aromatic N) is 1. The molecule has 0 aliphatic rings. The van der Waals surface area contributed by atoms with Gasteiger partial charge in [0, 0.05) is 11.8 Å². The summed E-state index contributed by atoms with van der Waals surface area (Å²) in [6.07, 6.45) is -4.64. The Labute approximate surface area is 185 Å². The lowest BCUT2D eigenvalue weighted by Crippen LogP contribution is -2.43. The van der Waals surface area contributed by atoms with Gasteiger partial charge in [-0.1, -0.05) is 19.1 Å². The Morgan fingerprint density at radius 2 is 1.55 bits per heavy atom. The third kappa shape index (κ3) is 8.15.